The van der Waals surface area contributed by atoms with Crippen LogP contribution in [-0.4, -0.2) is 28.7 Å². The number of nitrogens with zero attached hydrogens (tertiary/aromatic N) is 2. The molecule has 0 atom stereocenters. The molecule has 116 valence electrons. The first-order valence-electron chi connectivity index (χ1n) is 6.27. The summed E-state index contributed by atoms with van der Waals surface area (Å²) in [6.07, 6.45) is -0.0787. The summed E-state index contributed by atoms with van der Waals surface area (Å²) in [6.45, 7) is -1.31. The minimum absolute atomic E-state index is 0.0596. The Bertz CT molecular complexity index is 633. The normalized spacial score (nSPS) is 11.0. The van der Waals surface area contributed by atoms with Gasteiger partial charge in [-0.2, -0.15) is 13.2 Å². The van der Waals surface area contributed by atoms with Gasteiger partial charge in [0, 0.05) is 25.1 Å². The monoisotopic (exact) mass is 311 g/mol. The molecule has 2 heterocycles. The molecule has 1 N–H and O–H groups in total. The molecule has 0 fully saturated rings. The van der Waals surface area contributed by atoms with Gasteiger partial charge in [0.25, 0.3) is 5.91 Å². The van der Waals surface area contributed by atoms with Crippen molar-refractivity contribution in [1.82, 2.24) is 15.3 Å². The largest absolute Gasteiger partial charge is 0.467 e. The Balaban J connectivity index is 2.03. The lowest BCUT2D eigenvalue weighted by molar-refractivity contribution is -0.154. The van der Waals surface area contributed by atoms with Gasteiger partial charge < -0.3 is 10.1 Å². The average molecular weight is 311 g/mol. The highest BCUT2D eigenvalue weighted by Crippen LogP contribution is 2.19. The molecule has 2 aromatic heterocycles. The third-order valence-corrected chi connectivity index (χ3v) is 2.56. The van der Waals surface area contributed by atoms with Crippen LogP contribution >= 0.6 is 0 Å². The Morgan fingerprint density at radius 1 is 1.23 bits per heavy atom. The molecule has 2 aromatic rings. The number of amides is 1. The summed E-state index contributed by atoms with van der Waals surface area (Å²) >= 11 is 0. The fourth-order valence-electron chi connectivity index (χ4n) is 1.61. The van der Waals surface area contributed by atoms with Crippen LogP contribution in [-0.2, 0) is 6.54 Å². The highest BCUT2D eigenvalue weighted by molar-refractivity contribution is 5.96. The third-order valence-electron chi connectivity index (χ3n) is 2.56. The first-order chi connectivity index (χ1) is 10.5. The minimum atomic E-state index is -4.50. The minimum Gasteiger partial charge on any atom is -0.467 e. The van der Waals surface area contributed by atoms with E-state index in [1.54, 1.807) is 24.5 Å². The summed E-state index contributed by atoms with van der Waals surface area (Å²) in [5.74, 6) is -0.933. The number of hydrogen-bond acceptors (Lipinski definition) is 4. The topological polar surface area (TPSA) is 64.1 Å². The highest BCUT2D eigenvalue weighted by atomic mass is 19.4. The SMILES string of the molecule is O=C(NCc1cccnc1)c1cccnc1OCC(F)(F)F. The Labute approximate surface area is 124 Å². The first-order valence-corrected chi connectivity index (χ1v) is 6.27. The van der Waals surface area contributed by atoms with E-state index in [0.29, 0.717) is 0 Å². The van der Waals surface area contributed by atoms with Crippen LogP contribution in [0.5, 0.6) is 5.88 Å². The molecule has 0 radical (unpaired) electrons. The van der Waals surface area contributed by atoms with Crippen molar-refractivity contribution in [2.45, 2.75) is 12.7 Å². The summed E-state index contributed by atoms with van der Waals surface area (Å²) in [6, 6.07) is 6.26. The molecule has 0 unspecified atom stereocenters. The van der Waals surface area contributed by atoms with Crippen molar-refractivity contribution in [3.05, 3.63) is 54.0 Å². The molecule has 8 heteroatoms. The van der Waals surface area contributed by atoms with E-state index >= 15 is 0 Å². The van der Waals surface area contributed by atoms with Crippen LogP contribution in [0, 0.1) is 0 Å². The number of halogens is 3. The van der Waals surface area contributed by atoms with Crippen LogP contribution in [0.3, 0.4) is 0 Å². The van der Waals surface area contributed by atoms with Crippen molar-refractivity contribution in [2.75, 3.05) is 6.61 Å². The molecule has 5 nitrogen and oxygen atoms in total. The van der Waals surface area contributed by atoms with Crippen LogP contribution in [0.15, 0.2) is 42.9 Å². The van der Waals surface area contributed by atoms with E-state index in [1.807, 2.05) is 0 Å². The second-order valence-electron chi connectivity index (χ2n) is 4.30. The van der Waals surface area contributed by atoms with E-state index in [0.717, 1.165) is 5.56 Å². The molecule has 0 saturated carbocycles. The number of hydrogen-bond donors (Lipinski definition) is 1. The van der Waals surface area contributed by atoms with E-state index in [1.165, 1.54) is 18.3 Å². The number of carbonyl (C=O) groups is 1. The van der Waals surface area contributed by atoms with Gasteiger partial charge in [-0.3, -0.25) is 9.78 Å². The average Bonchev–Trinajstić information content (AvgIpc) is 2.51. The lowest BCUT2D eigenvalue weighted by atomic mass is 10.2. The van der Waals surface area contributed by atoms with Gasteiger partial charge >= 0.3 is 6.18 Å². The van der Waals surface area contributed by atoms with Gasteiger partial charge in [0.05, 0.1) is 0 Å². The second kappa shape index (κ2) is 6.88. The number of carbonyl (C=O) groups excluding carboxylic acids is 1. The zero-order chi connectivity index (χ0) is 16.0. The van der Waals surface area contributed by atoms with Gasteiger partial charge in [-0.05, 0) is 23.8 Å². The van der Waals surface area contributed by atoms with Crippen molar-refractivity contribution in [1.29, 1.82) is 0 Å². The maximum absolute atomic E-state index is 12.2. The molecule has 22 heavy (non-hydrogen) atoms. The summed E-state index contributed by atoms with van der Waals surface area (Å²) in [5, 5.41) is 2.57. The van der Waals surface area contributed by atoms with E-state index in [2.05, 4.69) is 20.0 Å². The summed E-state index contributed by atoms with van der Waals surface area (Å²) < 4.78 is 41.1. The van der Waals surface area contributed by atoms with Crippen LogP contribution in [0.2, 0.25) is 0 Å². The Morgan fingerprint density at radius 3 is 2.68 bits per heavy atom. The molecular weight excluding hydrogens is 299 g/mol. The molecule has 0 saturated heterocycles. The quantitative estimate of drug-likeness (QED) is 0.920. The van der Waals surface area contributed by atoms with Crippen LogP contribution < -0.4 is 10.1 Å². The molecule has 0 aliphatic rings. The summed E-state index contributed by atoms with van der Waals surface area (Å²) in [5.41, 5.74) is 0.702. The number of pyridine rings is 2. The molecule has 1 amide bonds. The Morgan fingerprint density at radius 2 is 2.00 bits per heavy atom. The molecule has 0 aromatic carbocycles. The lowest BCUT2D eigenvalue weighted by Crippen LogP contribution is -2.25. The van der Waals surface area contributed by atoms with Crippen LogP contribution in [0.4, 0.5) is 13.2 Å². The predicted octanol–water partition coefficient (Wildman–Crippen LogP) is 2.35. The van der Waals surface area contributed by atoms with Crippen LogP contribution in [0.25, 0.3) is 0 Å². The maximum atomic E-state index is 12.2. The van der Waals surface area contributed by atoms with Crippen molar-refractivity contribution in [3.63, 3.8) is 0 Å². The van der Waals surface area contributed by atoms with Gasteiger partial charge in [0.15, 0.2) is 6.61 Å². The second-order valence-corrected chi connectivity index (χ2v) is 4.30. The smallest absolute Gasteiger partial charge is 0.422 e. The first kappa shape index (κ1) is 15.7. The van der Waals surface area contributed by atoms with Crippen LogP contribution in [0.1, 0.15) is 15.9 Å². The van der Waals surface area contributed by atoms with Gasteiger partial charge in [-0.25, -0.2) is 4.98 Å². The highest BCUT2D eigenvalue weighted by Gasteiger charge is 2.29. The number of nitrogens with one attached hydrogen (secondary N) is 1. The molecular formula is C14H12F3N3O2. The van der Waals surface area contributed by atoms with E-state index in [4.69, 9.17) is 0 Å². The number of ether oxygens (including phenoxy) is 1. The fraction of sp³-hybridized carbons (Fsp3) is 0.214. The molecule has 0 spiro atoms. The summed E-state index contributed by atoms with van der Waals surface area (Å²) in [7, 11) is 0. The van der Waals surface area contributed by atoms with Crippen molar-refractivity contribution >= 4 is 5.91 Å². The number of alkyl halides is 3. The molecule has 0 bridgehead atoms. The standard InChI is InChI=1S/C14H12F3N3O2/c15-14(16,17)9-22-13-11(4-2-6-19-13)12(21)20-8-10-3-1-5-18-7-10/h1-7H,8-9H2,(H,20,21). The fourth-order valence-corrected chi connectivity index (χ4v) is 1.61. The van der Waals surface area contributed by atoms with Gasteiger partial charge in [-0.1, -0.05) is 6.07 Å². The van der Waals surface area contributed by atoms with Gasteiger partial charge in [-0.15, -0.1) is 0 Å². The maximum Gasteiger partial charge on any atom is 0.422 e. The third kappa shape index (κ3) is 4.72. The van der Waals surface area contributed by atoms with Crippen molar-refractivity contribution < 1.29 is 22.7 Å². The zero-order valence-electron chi connectivity index (χ0n) is 11.3. The van der Waals surface area contributed by atoms with Crippen molar-refractivity contribution in [2.24, 2.45) is 0 Å². The van der Waals surface area contributed by atoms with E-state index in [9.17, 15) is 18.0 Å². The number of aromatic nitrogens is 2. The Hall–Kier alpha value is -2.64. The molecule has 0 aliphatic carbocycles. The number of rotatable bonds is 5. The summed E-state index contributed by atoms with van der Waals surface area (Å²) in [4.78, 5) is 19.6. The Kier molecular flexibility index (Phi) is 4.92. The van der Waals surface area contributed by atoms with E-state index < -0.39 is 18.7 Å². The molecule has 2 rings (SSSR count). The predicted molar refractivity (Wildman–Crippen MR) is 71.2 cm³/mol. The van der Waals surface area contributed by atoms with Gasteiger partial charge in [0.2, 0.25) is 5.88 Å². The van der Waals surface area contributed by atoms with E-state index in [-0.39, 0.29) is 18.0 Å². The van der Waals surface area contributed by atoms with Gasteiger partial charge in [0.1, 0.15) is 5.56 Å². The lowest BCUT2D eigenvalue weighted by Gasteiger charge is -2.12. The zero-order valence-corrected chi connectivity index (χ0v) is 11.3. The van der Waals surface area contributed by atoms with Crippen molar-refractivity contribution in [3.8, 4) is 5.88 Å². The molecule has 0 aliphatic heterocycles.